The number of phenols is 1. The lowest BCUT2D eigenvalue weighted by molar-refractivity contribution is -0.123. The van der Waals surface area contributed by atoms with Crippen molar-refractivity contribution in [2.75, 3.05) is 0 Å². The highest BCUT2D eigenvalue weighted by Crippen LogP contribution is 2.34. The molecule has 104 valence electrons. The lowest BCUT2D eigenvalue weighted by Gasteiger charge is -2.17. The van der Waals surface area contributed by atoms with Crippen LogP contribution < -0.4 is 0 Å². The largest absolute Gasteiger partial charge is 0.507 e. The third-order valence-corrected chi connectivity index (χ3v) is 4.59. The standard InChI is InChI=1S/C14H12INO3S/c1-3-8(2)16-13(18)12(20-14(16)19)7-9-4-5-11(17)10(15)6-9/h3-8,17H,1H2,2H3/b12-7-/t8-/m0/s1. The summed E-state index contributed by atoms with van der Waals surface area (Å²) in [5.74, 6) is -0.119. The molecule has 4 nitrogen and oxygen atoms in total. The van der Waals surface area contributed by atoms with Gasteiger partial charge in [0.2, 0.25) is 0 Å². The van der Waals surface area contributed by atoms with Crippen LogP contribution in [0.25, 0.3) is 6.08 Å². The molecule has 0 bridgehead atoms. The molecule has 2 rings (SSSR count). The monoisotopic (exact) mass is 401 g/mol. The Morgan fingerprint density at radius 3 is 2.75 bits per heavy atom. The molecule has 0 spiro atoms. The number of thioether (sulfide) groups is 1. The predicted molar refractivity (Wildman–Crippen MR) is 88.3 cm³/mol. The van der Waals surface area contributed by atoms with Crippen LogP contribution in [0.3, 0.4) is 0 Å². The number of halogens is 1. The lowest BCUT2D eigenvalue weighted by Crippen LogP contribution is -2.35. The fraction of sp³-hybridized carbons (Fsp3) is 0.143. The van der Waals surface area contributed by atoms with Gasteiger partial charge in [0.1, 0.15) is 5.75 Å². The van der Waals surface area contributed by atoms with E-state index in [-0.39, 0.29) is 22.9 Å². The number of carbonyl (C=O) groups excluding carboxylic acids is 2. The zero-order valence-electron chi connectivity index (χ0n) is 10.7. The van der Waals surface area contributed by atoms with Crippen molar-refractivity contribution in [3.8, 4) is 5.75 Å². The third-order valence-electron chi connectivity index (χ3n) is 2.84. The second-order valence-corrected chi connectivity index (χ2v) is 6.39. The summed E-state index contributed by atoms with van der Waals surface area (Å²) in [4.78, 5) is 25.6. The average Bonchev–Trinajstić information content (AvgIpc) is 2.68. The SMILES string of the molecule is C=C[C@H](C)N1C(=O)S/C(=C\c2ccc(O)c(I)c2)C1=O. The third kappa shape index (κ3) is 2.90. The van der Waals surface area contributed by atoms with Gasteiger partial charge < -0.3 is 5.11 Å². The van der Waals surface area contributed by atoms with Crippen LogP contribution >= 0.6 is 34.4 Å². The van der Waals surface area contributed by atoms with Gasteiger partial charge >= 0.3 is 0 Å². The van der Waals surface area contributed by atoms with Crippen LogP contribution in [0.5, 0.6) is 5.75 Å². The smallest absolute Gasteiger partial charge is 0.294 e. The molecule has 0 radical (unpaired) electrons. The summed E-state index contributed by atoms with van der Waals surface area (Å²) in [7, 11) is 0. The Morgan fingerprint density at radius 1 is 1.45 bits per heavy atom. The summed E-state index contributed by atoms with van der Waals surface area (Å²) in [5.41, 5.74) is 0.768. The number of phenolic OH excluding ortho intramolecular Hbond substituents is 1. The molecule has 1 N–H and O–H groups in total. The first-order valence-electron chi connectivity index (χ1n) is 5.82. The number of aromatic hydroxyl groups is 1. The van der Waals surface area contributed by atoms with Crippen molar-refractivity contribution in [2.45, 2.75) is 13.0 Å². The first-order chi connectivity index (χ1) is 9.43. The highest BCUT2D eigenvalue weighted by atomic mass is 127. The van der Waals surface area contributed by atoms with E-state index in [0.29, 0.717) is 8.48 Å². The van der Waals surface area contributed by atoms with Crippen LogP contribution in [0.4, 0.5) is 4.79 Å². The summed E-state index contributed by atoms with van der Waals surface area (Å²) in [6, 6.07) is 4.68. The van der Waals surface area contributed by atoms with E-state index < -0.39 is 0 Å². The van der Waals surface area contributed by atoms with Gasteiger partial charge in [-0.1, -0.05) is 12.1 Å². The second-order valence-electron chi connectivity index (χ2n) is 4.24. The molecule has 2 amide bonds. The minimum Gasteiger partial charge on any atom is -0.507 e. The van der Waals surface area contributed by atoms with E-state index in [0.717, 1.165) is 17.3 Å². The van der Waals surface area contributed by atoms with Crippen LogP contribution in [0.15, 0.2) is 35.8 Å². The van der Waals surface area contributed by atoms with E-state index in [2.05, 4.69) is 6.58 Å². The van der Waals surface area contributed by atoms with E-state index in [4.69, 9.17) is 0 Å². The van der Waals surface area contributed by atoms with E-state index in [1.165, 1.54) is 4.90 Å². The normalized spacial score (nSPS) is 18.7. The first-order valence-corrected chi connectivity index (χ1v) is 7.71. The fourth-order valence-electron chi connectivity index (χ4n) is 1.70. The maximum absolute atomic E-state index is 12.2. The number of hydrogen-bond donors (Lipinski definition) is 1. The van der Waals surface area contributed by atoms with Crippen molar-refractivity contribution in [1.29, 1.82) is 0 Å². The van der Waals surface area contributed by atoms with Gasteiger partial charge in [-0.3, -0.25) is 14.5 Å². The molecule has 1 fully saturated rings. The van der Waals surface area contributed by atoms with Crippen LogP contribution in [0.1, 0.15) is 12.5 Å². The van der Waals surface area contributed by atoms with Gasteiger partial charge in [0, 0.05) is 0 Å². The van der Waals surface area contributed by atoms with Gasteiger partial charge in [0.25, 0.3) is 11.1 Å². The van der Waals surface area contributed by atoms with E-state index in [1.54, 1.807) is 37.3 Å². The Balaban J connectivity index is 2.32. The van der Waals surface area contributed by atoms with Crippen molar-refractivity contribution in [2.24, 2.45) is 0 Å². The number of benzene rings is 1. The van der Waals surface area contributed by atoms with Gasteiger partial charge in [-0.15, -0.1) is 6.58 Å². The number of nitrogens with zero attached hydrogens (tertiary/aromatic N) is 1. The Bertz CT molecular complexity index is 627. The summed E-state index contributed by atoms with van der Waals surface area (Å²) >= 11 is 2.92. The quantitative estimate of drug-likeness (QED) is 0.478. The Kier molecular flexibility index (Phi) is 4.54. The molecule has 0 unspecified atom stereocenters. The summed E-state index contributed by atoms with van der Waals surface area (Å²) in [5, 5.41) is 9.18. The number of imide groups is 1. The van der Waals surface area contributed by atoms with E-state index in [1.807, 2.05) is 22.6 Å². The highest BCUT2D eigenvalue weighted by molar-refractivity contribution is 14.1. The summed E-state index contributed by atoms with van der Waals surface area (Å²) in [6.07, 6.45) is 3.21. The molecule has 1 aromatic rings. The van der Waals surface area contributed by atoms with Gasteiger partial charge in [0.15, 0.2) is 0 Å². The van der Waals surface area contributed by atoms with Gasteiger partial charge in [0.05, 0.1) is 14.5 Å². The predicted octanol–water partition coefficient (Wildman–Crippen LogP) is 3.61. The van der Waals surface area contributed by atoms with Crippen molar-refractivity contribution >= 4 is 51.6 Å². The van der Waals surface area contributed by atoms with Crippen molar-refractivity contribution in [1.82, 2.24) is 4.90 Å². The van der Waals surface area contributed by atoms with Crippen molar-refractivity contribution in [3.05, 3.63) is 44.9 Å². The number of rotatable bonds is 3. The first kappa shape index (κ1) is 15.1. The van der Waals surface area contributed by atoms with Gasteiger partial charge in [-0.05, 0) is 65.0 Å². The fourth-order valence-corrected chi connectivity index (χ4v) is 3.16. The number of hydrogen-bond acceptors (Lipinski definition) is 4. The molecule has 0 aromatic heterocycles. The lowest BCUT2D eigenvalue weighted by atomic mass is 10.2. The maximum atomic E-state index is 12.2. The Morgan fingerprint density at radius 2 is 2.15 bits per heavy atom. The van der Waals surface area contributed by atoms with Crippen LogP contribution in [0.2, 0.25) is 0 Å². The van der Waals surface area contributed by atoms with Crippen LogP contribution in [0, 0.1) is 3.57 Å². The molecule has 1 aliphatic heterocycles. The molecular weight excluding hydrogens is 389 g/mol. The van der Waals surface area contributed by atoms with Crippen LogP contribution in [-0.2, 0) is 4.79 Å². The molecule has 1 heterocycles. The zero-order chi connectivity index (χ0) is 14.9. The highest BCUT2D eigenvalue weighted by Gasteiger charge is 2.37. The average molecular weight is 401 g/mol. The molecule has 1 aliphatic rings. The number of carbonyl (C=O) groups is 2. The van der Waals surface area contributed by atoms with E-state index in [9.17, 15) is 14.7 Å². The summed E-state index contributed by atoms with van der Waals surface area (Å²) < 4.78 is 0.690. The minimum absolute atomic E-state index is 0.191. The molecular formula is C14H12INO3S. The molecule has 0 aliphatic carbocycles. The molecule has 0 saturated carbocycles. The Hall–Kier alpha value is -1.28. The van der Waals surface area contributed by atoms with Gasteiger partial charge in [-0.2, -0.15) is 0 Å². The topological polar surface area (TPSA) is 57.6 Å². The van der Waals surface area contributed by atoms with Crippen LogP contribution in [-0.4, -0.2) is 27.2 Å². The minimum atomic E-state index is -0.326. The molecule has 1 aromatic carbocycles. The summed E-state index contributed by atoms with van der Waals surface area (Å²) in [6.45, 7) is 5.35. The Labute approximate surface area is 134 Å². The van der Waals surface area contributed by atoms with Gasteiger partial charge in [-0.25, -0.2) is 0 Å². The van der Waals surface area contributed by atoms with Crippen molar-refractivity contribution in [3.63, 3.8) is 0 Å². The second kappa shape index (κ2) is 6.01. The molecule has 1 saturated heterocycles. The maximum Gasteiger partial charge on any atom is 0.294 e. The molecule has 6 heteroatoms. The zero-order valence-corrected chi connectivity index (χ0v) is 13.6. The molecule has 1 atom stereocenters. The van der Waals surface area contributed by atoms with E-state index >= 15 is 0 Å². The molecule has 20 heavy (non-hydrogen) atoms. The van der Waals surface area contributed by atoms with Crippen molar-refractivity contribution < 1.29 is 14.7 Å². The number of amides is 2.